The first-order valence-corrected chi connectivity index (χ1v) is 7.73. The maximum atomic E-state index is 11.6. The summed E-state index contributed by atoms with van der Waals surface area (Å²) in [7, 11) is 0. The molecule has 0 aromatic carbocycles. The molecule has 1 fully saturated rings. The number of hydrogen-bond donors (Lipinski definition) is 2. The van der Waals surface area contributed by atoms with Crippen LogP contribution in [0.25, 0.3) is 0 Å². The molecule has 5 nitrogen and oxygen atoms in total. The van der Waals surface area contributed by atoms with Gasteiger partial charge in [0.1, 0.15) is 11.7 Å². The lowest BCUT2D eigenvalue weighted by atomic mass is 9.93. The van der Waals surface area contributed by atoms with Crippen LogP contribution < -0.4 is 5.32 Å². The molecule has 1 aliphatic carbocycles. The lowest BCUT2D eigenvalue weighted by Gasteiger charge is -2.29. The van der Waals surface area contributed by atoms with Gasteiger partial charge in [-0.15, -0.1) is 0 Å². The summed E-state index contributed by atoms with van der Waals surface area (Å²) >= 11 is 4.00. The predicted molar refractivity (Wildman–Crippen MR) is 80.0 cm³/mol. The molecule has 1 rings (SSSR count). The Labute approximate surface area is 126 Å². The second kappa shape index (κ2) is 7.76. The normalized spacial score (nSPS) is 23.0. The molecule has 20 heavy (non-hydrogen) atoms. The van der Waals surface area contributed by atoms with Crippen molar-refractivity contribution in [2.45, 2.75) is 70.6 Å². The molecule has 0 aliphatic heterocycles. The van der Waals surface area contributed by atoms with Gasteiger partial charge < -0.3 is 14.8 Å². The zero-order valence-corrected chi connectivity index (χ0v) is 13.4. The fraction of sp³-hybridized carbons (Fsp3) is 0.857. The van der Waals surface area contributed by atoms with Crippen LogP contribution in [0, 0.1) is 0 Å². The second-order valence-electron chi connectivity index (χ2n) is 6.08. The first kappa shape index (κ1) is 17.1. The fourth-order valence-corrected chi connectivity index (χ4v) is 2.32. The van der Waals surface area contributed by atoms with E-state index >= 15 is 0 Å². The first-order valence-electron chi connectivity index (χ1n) is 7.10. The Hall–Kier alpha value is -0.910. The zero-order valence-electron chi connectivity index (χ0n) is 12.5. The van der Waals surface area contributed by atoms with Crippen LogP contribution in [0.4, 0.5) is 4.79 Å². The topological polar surface area (TPSA) is 64.6 Å². The van der Waals surface area contributed by atoms with E-state index in [4.69, 9.17) is 9.47 Å². The number of nitrogens with one attached hydrogen (secondary N) is 1. The molecule has 0 atom stereocenters. The molecule has 0 aromatic heterocycles. The lowest BCUT2D eigenvalue weighted by Crippen LogP contribution is -2.42. The van der Waals surface area contributed by atoms with Crippen molar-refractivity contribution in [1.82, 2.24) is 5.32 Å². The molecular weight excluding hydrogens is 278 g/mol. The van der Waals surface area contributed by atoms with Crippen molar-refractivity contribution in [3.05, 3.63) is 0 Å². The van der Waals surface area contributed by atoms with Gasteiger partial charge in [0.25, 0.3) is 0 Å². The van der Waals surface area contributed by atoms with Crippen LogP contribution in [0.1, 0.15) is 52.9 Å². The van der Waals surface area contributed by atoms with Crippen molar-refractivity contribution in [1.29, 1.82) is 0 Å². The maximum Gasteiger partial charge on any atom is 0.407 e. The molecule has 0 aromatic rings. The number of ether oxygens (including phenoxy) is 2. The number of rotatable bonds is 4. The minimum Gasteiger partial charge on any atom is -0.462 e. The molecule has 0 saturated heterocycles. The highest BCUT2D eigenvalue weighted by Gasteiger charge is 2.26. The molecule has 1 N–H and O–H groups in total. The summed E-state index contributed by atoms with van der Waals surface area (Å²) < 4.78 is 10.6. The van der Waals surface area contributed by atoms with Crippen LogP contribution in [0.2, 0.25) is 0 Å². The molecule has 1 aliphatic rings. The van der Waals surface area contributed by atoms with E-state index in [1.165, 1.54) is 0 Å². The highest BCUT2D eigenvalue weighted by molar-refractivity contribution is 7.80. The molecule has 1 saturated carbocycles. The van der Waals surface area contributed by atoms with E-state index in [2.05, 4.69) is 17.9 Å². The van der Waals surface area contributed by atoms with Gasteiger partial charge in [-0.25, -0.2) is 4.79 Å². The Morgan fingerprint density at radius 2 is 1.80 bits per heavy atom. The number of alkyl carbamates (subject to hydrolysis) is 1. The molecule has 1 amide bonds. The minimum atomic E-state index is -0.482. The number of carbonyl (C=O) groups is 2. The van der Waals surface area contributed by atoms with E-state index in [-0.39, 0.29) is 24.2 Å². The highest BCUT2D eigenvalue weighted by Crippen LogP contribution is 2.22. The van der Waals surface area contributed by atoms with Gasteiger partial charge >= 0.3 is 12.1 Å². The van der Waals surface area contributed by atoms with Gasteiger partial charge in [-0.05, 0) is 46.5 Å². The first-order chi connectivity index (χ1) is 9.30. The summed E-state index contributed by atoms with van der Waals surface area (Å²) in [5.74, 6) is 0.317. The number of amides is 1. The van der Waals surface area contributed by atoms with Crippen LogP contribution in [0.15, 0.2) is 0 Å². The molecule has 0 bridgehead atoms. The van der Waals surface area contributed by atoms with Crippen LogP contribution in [-0.4, -0.2) is 35.6 Å². The molecule has 0 radical (unpaired) electrons. The third kappa shape index (κ3) is 7.03. The molecular formula is C14H25NO4S. The number of carbonyl (C=O) groups excluding carboxylic acids is 2. The Balaban J connectivity index is 2.25. The molecule has 116 valence electrons. The van der Waals surface area contributed by atoms with Crippen molar-refractivity contribution in [2.24, 2.45) is 0 Å². The summed E-state index contributed by atoms with van der Waals surface area (Å²) in [6.07, 6.45) is 3.10. The maximum absolute atomic E-state index is 11.6. The Kier molecular flexibility index (Phi) is 6.65. The van der Waals surface area contributed by atoms with Gasteiger partial charge in [-0.2, -0.15) is 12.6 Å². The Morgan fingerprint density at radius 1 is 1.20 bits per heavy atom. The van der Waals surface area contributed by atoms with Crippen LogP contribution in [0.3, 0.4) is 0 Å². The zero-order chi connectivity index (χ0) is 15.2. The summed E-state index contributed by atoms with van der Waals surface area (Å²) in [6.45, 7) is 5.51. The second-order valence-corrected chi connectivity index (χ2v) is 6.53. The molecule has 0 spiro atoms. The van der Waals surface area contributed by atoms with Gasteiger partial charge in [0.15, 0.2) is 0 Å². The van der Waals surface area contributed by atoms with E-state index < -0.39 is 5.60 Å². The van der Waals surface area contributed by atoms with E-state index in [1.54, 1.807) is 0 Å². The van der Waals surface area contributed by atoms with Crippen molar-refractivity contribution in [2.75, 3.05) is 5.75 Å². The summed E-state index contributed by atoms with van der Waals surface area (Å²) in [5.41, 5.74) is -0.482. The number of thiol groups is 1. The van der Waals surface area contributed by atoms with Crippen LogP contribution in [-0.2, 0) is 14.3 Å². The average Bonchev–Trinajstić information content (AvgIpc) is 2.29. The molecule has 0 heterocycles. The summed E-state index contributed by atoms with van der Waals surface area (Å²) in [5, 5.41) is 2.86. The minimum absolute atomic E-state index is 0.0286. The van der Waals surface area contributed by atoms with E-state index in [1.807, 2.05) is 20.8 Å². The predicted octanol–water partition coefficient (Wildman–Crippen LogP) is 2.69. The van der Waals surface area contributed by atoms with Crippen LogP contribution >= 0.6 is 12.6 Å². The number of hydrogen-bond acceptors (Lipinski definition) is 5. The van der Waals surface area contributed by atoms with E-state index in [9.17, 15) is 9.59 Å². The van der Waals surface area contributed by atoms with E-state index in [0.29, 0.717) is 12.2 Å². The summed E-state index contributed by atoms with van der Waals surface area (Å²) in [6, 6.07) is 0.102. The van der Waals surface area contributed by atoms with Crippen molar-refractivity contribution in [3.8, 4) is 0 Å². The third-order valence-electron chi connectivity index (χ3n) is 3.01. The Morgan fingerprint density at radius 3 is 2.30 bits per heavy atom. The monoisotopic (exact) mass is 303 g/mol. The van der Waals surface area contributed by atoms with Gasteiger partial charge in [0.2, 0.25) is 0 Å². The van der Waals surface area contributed by atoms with Crippen molar-refractivity contribution < 1.29 is 19.1 Å². The third-order valence-corrected chi connectivity index (χ3v) is 3.23. The molecule has 6 heteroatoms. The Bertz CT molecular complexity index is 333. The largest absolute Gasteiger partial charge is 0.462 e. The summed E-state index contributed by atoms with van der Waals surface area (Å²) in [4.78, 5) is 23.0. The number of esters is 1. The van der Waals surface area contributed by atoms with Crippen molar-refractivity contribution in [3.63, 3.8) is 0 Å². The smallest absolute Gasteiger partial charge is 0.407 e. The molecule has 0 unspecified atom stereocenters. The van der Waals surface area contributed by atoms with Crippen LogP contribution in [0.5, 0.6) is 0 Å². The SMILES string of the molecule is CC(C)(C)OC(=O)NC1CCC(OC(=O)CCS)CC1. The highest BCUT2D eigenvalue weighted by atomic mass is 32.1. The van der Waals surface area contributed by atoms with E-state index in [0.717, 1.165) is 25.7 Å². The van der Waals surface area contributed by atoms with Gasteiger partial charge in [-0.3, -0.25) is 4.79 Å². The standard InChI is InChI=1S/C14H25NO4S/c1-14(2,3)19-13(17)15-10-4-6-11(7-5-10)18-12(16)8-9-20/h10-11,20H,4-9H2,1-3H3,(H,15,17). The van der Waals surface area contributed by atoms with Gasteiger partial charge in [0, 0.05) is 11.8 Å². The van der Waals surface area contributed by atoms with Crippen molar-refractivity contribution >= 4 is 24.7 Å². The van der Waals surface area contributed by atoms with Gasteiger partial charge in [-0.1, -0.05) is 0 Å². The quantitative estimate of drug-likeness (QED) is 0.619. The van der Waals surface area contributed by atoms with Gasteiger partial charge in [0.05, 0.1) is 6.42 Å². The average molecular weight is 303 g/mol. The lowest BCUT2D eigenvalue weighted by molar-refractivity contribution is -0.150. The fourth-order valence-electron chi connectivity index (χ4n) is 2.14.